The van der Waals surface area contributed by atoms with Gasteiger partial charge in [0.1, 0.15) is 0 Å². The Morgan fingerprint density at radius 1 is 1.47 bits per heavy atom. The standard InChI is InChI=1S/C12H18N2O3/c1-4-7-17-12-6-5-10(13-9(2)3)8-11(12)14(15)16/h5-6,8-9,13H,4,7H2,1-3H3. The SMILES string of the molecule is CCCOc1ccc(NC(C)C)cc1[N+](=O)[O-]. The second kappa shape index (κ2) is 6.08. The number of rotatable bonds is 6. The summed E-state index contributed by atoms with van der Waals surface area (Å²) in [5.41, 5.74) is 0.736. The van der Waals surface area contributed by atoms with Crippen LogP contribution in [0.4, 0.5) is 11.4 Å². The van der Waals surface area contributed by atoms with Crippen LogP contribution in [0.3, 0.4) is 0 Å². The molecule has 0 bridgehead atoms. The van der Waals surface area contributed by atoms with Crippen LogP contribution in [0.2, 0.25) is 0 Å². The molecular formula is C12H18N2O3. The highest BCUT2D eigenvalue weighted by atomic mass is 16.6. The van der Waals surface area contributed by atoms with Crippen LogP contribution in [0.1, 0.15) is 27.2 Å². The van der Waals surface area contributed by atoms with Crippen molar-refractivity contribution < 1.29 is 9.66 Å². The molecule has 1 aromatic rings. The summed E-state index contributed by atoms with van der Waals surface area (Å²) in [5.74, 6) is 0.325. The van der Waals surface area contributed by atoms with Gasteiger partial charge in [-0.05, 0) is 32.4 Å². The average molecular weight is 238 g/mol. The summed E-state index contributed by atoms with van der Waals surface area (Å²) in [4.78, 5) is 10.5. The van der Waals surface area contributed by atoms with Crippen molar-refractivity contribution in [3.05, 3.63) is 28.3 Å². The van der Waals surface area contributed by atoms with Gasteiger partial charge in [-0.3, -0.25) is 10.1 Å². The van der Waals surface area contributed by atoms with E-state index in [9.17, 15) is 10.1 Å². The van der Waals surface area contributed by atoms with Crippen molar-refractivity contribution in [1.82, 2.24) is 0 Å². The van der Waals surface area contributed by atoms with E-state index in [-0.39, 0.29) is 11.7 Å². The maximum absolute atomic E-state index is 10.9. The molecule has 94 valence electrons. The lowest BCUT2D eigenvalue weighted by molar-refractivity contribution is -0.385. The molecule has 0 unspecified atom stereocenters. The van der Waals surface area contributed by atoms with E-state index in [2.05, 4.69) is 5.32 Å². The Morgan fingerprint density at radius 3 is 2.71 bits per heavy atom. The van der Waals surface area contributed by atoms with Crippen molar-refractivity contribution in [2.24, 2.45) is 0 Å². The third-order valence-electron chi connectivity index (χ3n) is 2.07. The predicted molar refractivity (Wildman–Crippen MR) is 67.6 cm³/mol. The fraction of sp³-hybridized carbons (Fsp3) is 0.500. The Hall–Kier alpha value is -1.78. The Morgan fingerprint density at radius 2 is 2.18 bits per heavy atom. The van der Waals surface area contributed by atoms with Crippen molar-refractivity contribution in [1.29, 1.82) is 0 Å². The third kappa shape index (κ3) is 3.94. The van der Waals surface area contributed by atoms with Gasteiger partial charge in [-0.1, -0.05) is 6.92 Å². The van der Waals surface area contributed by atoms with Crippen molar-refractivity contribution in [2.45, 2.75) is 33.2 Å². The lowest BCUT2D eigenvalue weighted by Gasteiger charge is -2.11. The zero-order valence-electron chi connectivity index (χ0n) is 10.4. The molecule has 0 aliphatic rings. The van der Waals surface area contributed by atoms with Gasteiger partial charge in [0.2, 0.25) is 0 Å². The fourth-order valence-electron chi connectivity index (χ4n) is 1.42. The number of ether oxygens (including phenoxy) is 1. The summed E-state index contributed by atoms with van der Waals surface area (Å²) < 4.78 is 5.34. The summed E-state index contributed by atoms with van der Waals surface area (Å²) in [7, 11) is 0. The van der Waals surface area contributed by atoms with Crippen molar-refractivity contribution in [3.63, 3.8) is 0 Å². The van der Waals surface area contributed by atoms with Gasteiger partial charge in [0.15, 0.2) is 5.75 Å². The molecule has 0 aliphatic carbocycles. The maximum atomic E-state index is 10.9. The fourth-order valence-corrected chi connectivity index (χ4v) is 1.42. The summed E-state index contributed by atoms with van der Waals surface area (Å²) in [6, 6.07) is 5.17. The van der Waals surface area contributed by atoms with Gasteiger partial charge in [0, 0.05) is 17.8 Å². The predicted octanol–water partition coefficient (Wildman–Crippen LogP) is 3.20. The van der Waals surface area contributed by atoms with E-state index in [4.69, 9.17) is 4.74 Å². The van der Waals surface area contributed by atoms with Crippen LogP contribution in [0.5, 0.6) is 5.75 Å². The van der Waals surface area contributed by atoms with Gasteiger partial charge in [0.05, 0.1) is 11.5 Å². The van der Waals surface area contributed by atoms with Gasteiger partial charge in [-0.15, -0.1) is 0 Å². The van der Waals surface area contributed by atoms with E-state index < -0.39 is 4.92 Å². The minimum Gasteiger partial charge on any atom is -0.487 e. The molecule has 0 spiro atoms. The van der Waals surface area contributed by atoms with E-state index in [1.807, 2.05) is 20.8 Å². The summed E-state index contributed by atoms with van der Waals surface area (Å²) in [5, 5.41) is 14.0. The zero-order valence-corrected chi connectivity index (χ0v) is 10.4. The van der Waals surface area contributed by atoms with Crippen LogP contribution in [0.15, 0.2) is 18.2 Å². The van der Waals surface area contributed by atoms with E-state index in [0.717, 1.165) is 12.1 Å². The normalized spacial score (nSPS) is 10.4. The lowest BCUT2D eigenvalue weighted by Crippen LogP contribution is -2.10. The summed E-state index contributed by atoms with van der Waals surface area (Å²) in [6.45, 7) is 6.40. The number of anilines is 1. The number of nitro groups is 1. The van der Waals surface area contributed by atoms with E-state index in [1.54, 1.807) is 12.1 Å². The van der Waals surface area contributed by atoms with Crippen LogP contribution in [-0.2, 0) is 0 Å². The Kier molecular flexibility index (Phi) is 4.75. The minimum atomic E-state index is -0.420. The van der Waals surface area contributed by atoms with E-state index in [0.29, 0.717) is 12.4 Å². The molecule has 1 aromatic carbocycles. The first-order chi connectivity index (χ1) is 8.04. The molecule has 0 amide bonds. The Balaban J connectivity index is 2.95. The molecule has 5 heteroatoms. The molecule has 0 radical (unpaired) electrons. The molecule has 1 rings (SSSR count). The molecule has 1 N–H and O–H groups in total. The first-order valence-electron chi connectivity index (χ1n) is 5.72. The van der Waals surface area contributed by atoms with Crippen LogP contribution in [0, 0.1) is 10.1 Å². The monoisotopic (exact) mass is 238 g/mol. The second-order valence-corrected chi connectivity index (χ2v) is 4.09. The van der Waals surface area contributed by atoms with Gasteiger partial charge in [0.25, 0.3) is 0 Å². The maximum Gasteiger partial charge on any atom is 0.312 e. The molecule has 0 saturated carbocycles. The van der Waals surface area contributed by atoms with Crippen molar-refractivity contribution >= 4 is 11.4 Å². The average Bonchev–Trinajstić information content (AvgIpc) is 2.26. The molecule has 0 atom stereocenters. The van der Waals surface area contributed by atoms with Crippen molar-refractivity contribution in [2.75, 3.05) is 11.9 Å². The zero-order chi connectivity index (χ0) is 12.8. The largest absolute Gasteiger partial charge is 0.487 e. The number of nitrogens with zero attached hydrogens (tertiary/aromatic N) is 1. The Labute approximate surface area is 101 Å². The topological polar surface area (TPSA) is 64.4 Å². The molecule has 0 saturated heterocycles. The number of nitro benzene ring substituents is 1. The molecule has 0 fully saturated rings. The van der Waals surface area contributed by atoms with Crippen molar-refractivity contribution in [3.8, 4) is 5.75 Å². The Bertz CT molecular complexity index is 391. The number of hydrogen-bond donors (Lipinski definition) is 1. The minimum absolute atomic E-state index is 0.00380. The third-order valence-corrected chi connectivity index (χ3v) is 2.07. The van der Waals surface area contributed by atoms with Crippen LogP contribution in [-0.4, -0.2) is 17.6 Å². The van der Waals surface area contributed by atoms with Crippen LogP contribution < -0.4 is 10.1 Å². The first kappa shape index (κ1) is 13.3. The molecule has 0 aromatic heterocycles. The highest BCUT2D eigenvalue weighted by Crippen LogP contribution is 2.30. The first-order valence-corrected chi connectivity index (χ1v) is 5.72. The highest BCUT2D eigenvalue weighted by molar-refractivity contribution is 5.58. The quantitative estimate of drug-likeness (QED) is 0.610. The van der Waals surface area contributed by atoms with Gasteiger partial charge >= 0.3 is 5.69 Å². The van der Waals surface area contributed by atoms with Crippen LogP contribution >= 0.6 is 0 Å². The summed E-state index contributed by atoms with van der Waals surface area (Å²) >= 11 is 0. The molecule has 0 heterocycles. The number of hydrogen-bond acceptors (Lipinski definition) is 4. The van der Waals surface area contributed by atoms with Gasteiger partial charge in [-0.2, -0.15) is 0 Å². The lowest BCUT2D eigenvalue weighted by atomic mass is 10.2. The second-order valence-electron chi connectivity index (χ2n) is 4.09. The molecule has 17 heavy (non-hydrogen) atoms. The highest BCUT2D eigenvalue weighted by Gasteiger charge is 2.16. The molecular weight excluding hydrogens is 220 g/mol. The van der Waals surface area contributed by atoms with Gasteiger partial charge in [-0.25, -0.2) is 0 Å². The van der Waals surface area contributed by atoms with E-state index >= 15 is 0 Å². The van der Waals surface area contributed by atoms with Crippen LogP contribution in [0.25, 0.3) is 0 Å². The molecule has 0 aliphatic heterocycles. The van der Waals surface area contributed by atoms with E-state index in [1.165, 1.54) is 6.07 Å². The molecule has 5 nitrogen and oxygen atoms in total. The smallest absolute Gasteiger partial charge is 0.312 e. The summed E-state index contributed by atoms with van der Waals surface area (Å²) in [6.07, 6.45) is 0.823. The number of nitrogens with one attached hydrogen (secondary N) is 1. The van der Waals surface area contributed by atoms with Gasteiger partial charge < -0.3 is 10.1 Å². The number of benzene rings is 1.